The van der Waals surface area contributed by atoms with Crippen molar-refractivity contribution in [3.05, 3.63) is 24.3 Å². The summed E-state index contributed by atoms with van der Waals surface area (Å²) in [6.07, 6.45) is 0. The number of aromatic hydroxyl groups is 1. The Balaban J connectivity index is 2.69. The molecule has 6 nitrogen and oxygen atoms in total. The number of fused-ring (bicyclic) bond motifs is 1. The van der Waals surface area contributed by atoms with Crippen molar-refractivity contribution >= 4 is 22.6 Å². The van der Waals surface area contributed by atoms with Crippen LogP contribution in [0, 0.1) is 0 Å². The number of aromatic nitrogens is 1. The second-order valence-corrected chi connectivity index (χ2v) is 3.29. The Hall–Kier alpha value is -2.37. The first-order valence-electron chi connectivity index (χ1n) is 4.59. The maximum atomic E-state index is 10.5. The van der Waals surface area contributed by atoms with Gasteiger partial charge in [0.2, 0.25) is 5.88 Å². The number of aryl methyl sites for hydroxylation is 1. The number of primary amides is 1. The molecule has 2 rings (SSSR count). The third-order valence-electron chi connectivity index (χ3n) is 2.30. The lowest BCUT2D eigenvalue weighted by Crippen LogP contribution is -2.01. The number of urea groups is 1. The smallest absolute Gasteiger partial charge is 0.356 e. The van der Waals surface area contributed by atoms with Crippen LogP contribution in [0.2, 0.25) is 0 Å². The van der Waals surface area contributed by atoms with Crippen LogP contribution in [0.25, 0.3) is 10.9 Å². The van der Waals surface area contributed by atoms with Gasteiger partial charge < -0.3 is 15.4 Å². The lowest BCUT2D eigenvalue weighted by Gasteiger charge is -1.94. The zero-order chi connectivity index (χ0) is 11.7. The molecule has 0 aliphatic heterocycles. The first-order valence-corrected chi connectivity index (χ1v) is 4.59. The Labute approximate surface area is 91.0 Å². The van der Waals surface area contributed by atoms with Crippen molar-refractivity contribution in [1.82, 2.24) is 4.57 Å². The Morgan fingerprint density at radius 1 is 1.44 bits per heavy atom. The summed E-state index contributed by atoms with van der Waals surface area (Å²) in [5.74, 6) is -0.0498. The van der Waals surface area contributed by atoms with Gasteiger partial charge in [0.15, 0.2) is 5.69 Å². The number of hydrogen-bond acceptors (Lipinski definition) is 3. The molecule has 0 aliphatic carbocycles. The minimum absolute atomic E-state index is 0.0498. The average molecular weight is 218 g/mol. The van der Waals surface area contributed by atoms with Crippen molar-refractivity contribution in [2.24, 2.45) is 23.0 Å². The van der Waals surface area contributed by atoms with E-state index in [2.05, 4.69) is 10.2 Å². The van der Waals surface area contributed by atoms with Crippen molar-refractivity contribution < 1.29 is 9.90 Å². The number of azo groups is 1. The highest BCUT2D eigenvalue weighted by Crippen LogP contribution is 2.37. The van der Waals surface area contributed by atoms with Gasteiger partial charge in [0.05, 0.1) is 5.52 Å². The van der Waals surface area contributed by atoms with Crippen LogP contribution in [0.5, 0.6) is 5.88 Å². The lowest BCUT2D eigenvalue weighted by atomic mass is 10.2. The van der Waals surface area contributed by atoms with E-state index >= 15 is 0 Å². The number of nitrogens with two attached hydrogens (primary N) is 1. The lowest BCUT2D eigenvalue weighted by molar-refractivity contribution is 0.255. The normalized spacial score (nSPS) is 11.3. The predicted molar refractivity (Wildman–Crippen MR) is 58.7 cm³/mol. The zero-order valence-corrected chi connectivity index (χ0v) is 8.58. The van der Waals surface area contributed by atoms with Gasteiger partial charge in [-0.1, -0.05) is 23.3 Å². The van der Waals surface area contributed by atoms with E-state index in [0.717, 1.165) is 5.52 Å². The van der Waals surface area contributed by atoms with Crippen LogP contribution in [0.15, 0.2) is 34.5 Å². The molecule has 3 N–H and O–H groups in total. The average Bonchev–Trinajstić information content (AvgIpc) is 2.50. The van der Waals surface area contributed by atoms with Crippen LogP contribution in [-0.2, 0) is 7.05 Å². The molecule has 0 fully saturated rings. The van der Waals surface area contributed by atoms with E-state index in [1.54, 1.807) is 17.7 Å². The number of benzene rings is 1. The second-order valence-electron chi connectivity index (χ2n) is 3.29. The van der Waals surface area contributed by atoms with Crippen LogP contribution in [0.4, 0.5) is 10.5 Å². The SMILES string of the molecule is Cn1c(O)c(N=NC(N)=O)c2ccccc21. The largest absolute Gasteiger partial charge is 0.493 e. The van der Waals surface area contributed by atoms with E-state index in [-0.39, 0.29) is 11.6 Å². The van der Waals surface area contributed by atoms with E-state index in [9.17, 15) is 9.90 Å². The minimum atomic E-state index is -0.896. The standard InChI is InChI=1S/C10H10N4O2/c1-14-7-5-3-2-4-6(7)8(9(14)15)12-13-10(11)16/h2-5,15H,1H3,(H2,11,16). The maximum Gasteiger partial charge on any atom is 0.356 e. The molecular weight excluding hydrogens is 208 g/mol. The van der Waals surface area contributed by atoms with Gasteiger partial charge in [-0.15, -0.1) is 5.11 Å². The summed E-state index contributed by atoms with van der Waals surface area (Å²) in [4.78, 5) is 10.5. The Kier molecular flexibility index (Phi) is 2.32. The first kappa shape index (κ1) is 10.2. The number of carbonyl (C=O) groups excluding carboxylic acids is 1. The summed E-state index contributed by atoms with van der Waals surface area (Å²) in [6, 6.07) is 6.37. The molecule has 0 bridgehead atoms. The van der Waals surface area contributed by atoms with E-state index < -0.39 is 6.03 Å². The predicted octanol–water partition coefficient (Wildman–Crippen LogP) is 2.05. The van der Waals surface area contributed by atoms with E-state index in [4.69, 9.17) is 5.73 Å². The maximum absolute atomic E-state index is 10.5. The molecule has 1 aromatic carbocycles. The summed E-state index contributed by atoms with van der Waals surface area (Å²) >= 11 is 0. The highest BCUT2D eigenvalue weighted by atomic mass is 16.3. The molecule has 0 radical (unpaired) electrons. The van der Waals surface area contributed by atoms with E-state index in [1.165, 1.54) is 0 Å². The fraction of sp³-hybridized carbons (Fsp3) is 0.100. The fourth-order valence-electron chi connectivity index (χ4n) is 1.56. The summed E-state index contributed by atoms with van der Waals surface area (Å²) in [6.45, 7) is 0. The molecule has 0 spiro atoms. The molecule has 1 heterocycles. The van der Waals surface area contributed by atoms with Gasteiger partial charge in [0.25, 0.3) is 0 Å². The summed E-state index contributed by atoms with van der Waals surface area (Å²) in [5.41, 5.74) is 5.90. The zero-order valence-electron chi connectivity index (χ0n) is 8.58. The molecule has 16 heavy (non-hydrogen) atoms. The number of para-hydroxylation sites is 1. The third-order valence-corrected chi connectivity index (χ3v) is 2.30. The van der Waals surface area contributed by atoms with Crippen LogP contribution in [0.3, 0.4) is 0 Å². The van der Waals surface area contributed by atoms with Gasteiger partial charge in [-0.3, -0.25) is 0 Å². The molecule has 2 amide bonds. The molecule has 0 unspecified atom stereocenters. The van der Waals surface area contributed by atoms with Gasteiger partial charge in [-0.2, -0.15) is 0 Å². The number of rotatable bonds is 1. The molecule has 0 aliphatic rings. The van der Waals surface area contributed by atoms with Gasteiger partial charge in [0.1, 0.15) is 0 Å². The quantitative estimate of drug-likeness (QED) is 0.716. The van der Waals surface area contributed by atoms with Crippen LogP contribution in [-0.4, -0.2) is 15.7 Å². The van der Waals surface area contributed by atoms with Gasteiger partial charge in [0, 0.05) is 12.4 Å². The number of hydrogen-bond donors (Lipinski definition) is 2. The molecule has 0 saturated heterocycles. The fourth-order valence-corrected chi connectivity index (χ4v) is 1.56. The van der Waals surface area contributed by atoms with Crippen molar-refractivity contribution in [3.8, 4) is 5.88 Å². The number of amides is 2. The van der Waals surface area contributed by atoms with E-state index in [0.29, 0.717) is 5.39 Å². The Bertz CT molecular complexity index is 586. The Morgan fingerprint density at radius 3 is 2.81 bits per heavy atom. The second kappa shape index (κ2) is 3.65. The van der Waals surface area contributed by atoms with Crippen LogP contribution in [0.1, 0.15) is 0 Å². The summed E-state index contributed by atoms with van der Waals surface area (Å²) in [7, 11) is 1.70. The molecule has 6 heteroatoms. The minimum Gasteiger partial charge on any atom is -0.493 e. The molecule has 0 saturated carbocycles. The van der Waals surface area contributed by atoms with Crippen LogP contribution < -0.4 is 5.73 Å². The van der Waals surface area contributed by atoms with Gasteiger partial charge in [-0.05, 0) is 6.07 Å². The van der Waals surface area contributed by atoms with Crippen molar-refractivity contribution in [3.63, 3.8) is 0 Å². The topological polar surface area (TPSA) is 93.0 Å². The molecule has 0 atom stereocenters. The number of nitrogens with zero attached hydrogens (tertiary/aromatic N) is 3. The van der Waals surface area contributed by atoms with Crippen LogP contribution >= 0.6 is 0 Å². The molecule has 1 aromatic heterocycles. The molecule has 2 aromatic rings. The van der Waals surface area contributed by atoms with Crippen molar-refractivity contribution in [1.29, 1.82) is 0 Å². The Morgan fingerprint density at radius 2 is 2.12 bits per heavy atom. The third kappa shape index (κ3) is 1.50. The van der Waals surface area contributed by atoms with E-state index in [1.807, 2.05) is 18.2 Å². The van der Waals surface area contributed by atoms with Crippen molar-refractivity contribution in [2.75, 3.05) is 0 Å². The summed E-state index contributed by atoms with van der Waals surface area (Å²) < 4.78 is 1.56. The number of carbonyl (C=O) groups is 1. The highest BCUT2D eigenvalue weighted by Gasteiger charge is 2.13. The first-order chi connectivity index (χ1) is 7.61. The monoisotopic (exact) mass is 218 g/mol. The summed E-state index contributed by atoms with van der Waals surface area (Å²) in [5, 5.41) is 17.4. The molecule has 82 valence electrons. The highest BCUT2D eigenvalue weighted by molar-refractivity contribution is 5.95. The molecular formula is C10H10N4O2. The van der Waals surface area contributed by atoms with Gasteiger partial charge in [-0.25, -0.2) is 4.79 Å². The van der Waals surface area contributed by atoms with Gasteiger partial charge >= 0.3 is 6.03 Å². The van der Waals surface area contributed by atoms with Crippen molar-refractivity contribution in [2.45, 2.75) is 0 Å².